The van der Waals surface area contributed by atoms with E-state index in [4.69, 9.17) is 4.74 Å². The van der Waals surface area contributed by atoms with E-state index in [-0.39, 0.29) is 12.6 Å². The summed E-state index contributed by atoms with van der Waals surface area (Å²) in [5, 5.41) is 12.7. The summed E-state index contributed by atoms with van der Waals surface area (Å²) in [5.74, 6) is 0.840. The zero-order chi connectivity index (χ0) is 15.1. The third-order valence-corrected chi connectivity index (χ3v) is 3.20. The van der Waals surface area contributed by atoms with Gasteiger partial charge in [0.05, 0.1) is 12.6 Å². The lowest BCUT2D eigenvalue weighted by Gasteiger charge is -2.20. The molecule has 1 unspecified atom stereocenters. The summed E-state index contributed by atoms with van der Waals surface area (Å²) in [6.45, 7) is 4.62. The van der Waals surface area contributed by atoms with Crippen LogP contribution in [0.25, 0.3) is 11.1 Å². The normalized spacial score (nSPS) is 12.4. The van der Waals surface area contributed by atoms with E-state index < -0.39 is 0 Å². The monoisotopic (exact) mass is 285 g/mol. The van der Waals surface area contributed by atoms with E-state index in [0.29, 0.717) is 12.6 Å². The van der Waals surface area contributed by atoms with Crippen LogP contribution in [0.3, 0.4) is 0 Å². The Morgan fingerprint density at radius 3 is 2.33 bits per heavy atom. The van der Waals surface area contributed by atoms with Gasteiger partial charge >= 0.3 is 0 Å². The SMILES string of the molecule is CC(C)NC(CO)COc1ccccc1-c1ccccc1. The first-order valence-corrected chi connectivity index (χ1v) is 7.35. The minimum absolute atomic E-state index is 0.0612. The van der Waals surface area contributed by atoms with Gasteiger partial charge in [0.25, 0.3) is 0 Å². The topological polar surface area (TPSA) is 41.5 Å². The van der Waals surface area contributed by atoms with Gasteiger partial charge < -0.3 is 15.2 Å². The van der Waals surface area contributed by atoms with Crippen LogP contribution in [0.4, 0.5) is 0 Å². The van der Waals surface area contributed by atoms with Gasteiger partial charge in [-0.2, -0.15) is 0 Å². The number of benzene rings is 2. The number of nitrogens with one attached hydrogen (secondary N) is 1. The van der Waals surface area contributed by atoms with Crippen molar-refractivity contribution in [3.8, 4) is 16.9 Å². The highest BCUT2D eigenvalue weighted by Crippen LogP contribution is 2.29. The Hall–Kier alpha value is -1.84. The van der Waals surface area contributed by atoms with Gasteiger partial charge in [0.15, 0.2) is 0 Å². The maximum absolute atomic E-state index is 9.40. The van der Waals surface area contributed by atoms with Crippen LogP contribution in [0.2, 0.25) is 0 Å². The Labute approximate surface area is 126 Å². The van der Waals surface area contributed by atoms with Gasteiger partial charge in [-0.05, 0) is 11.6 Å². The highest BCUT2D eigenvalue weighted by Gasteiger charge is 2.11. The summed E-state index contributed by atoms with van der Waals surface area (Å²) in [7, 11) is 0. The largest absolute Gasteiger partial charge is 0.491 e. The van der Waals surface area contributed by atoms with Gasteiger partial charge in [-0.15, -0.1) is 0 Å². The molecule has 0 saturated heterocycles. The van der Waals surface area contributed by atoms with Gasteiger partial charge in [-0.1, -0.05) is 62.4 Å². The molecular weight excluding hydrogens is 262 g/mol. The summed E-state index contributed by atoms with van der Waals surface area (Å²) < 4.78 is 5.92. The molecule has 2 aromatic rings. The van der Waals surface area contributed by atoms with Crippen LogP contribution in [0, 0.1) is 0 Å². The maximum atomic E-state index is 9.40. The lowest BCUT2D eigenvalue weighted by Crippen LogP contribution is -2.41. The summed E-state index contributed by atoms with van der Waals surface area (Å²) in [4.78, 5) is 0. The van der Waals surface area contributed by atoms with Crippen molar-refractivity contribution in [1.29, 1.82) is 0 Å². The molecule has 0 aliphatic rings. The lowest BCUT2D eigenvalue weighted by atomic mass is 10.1. The number of rotatable bonds is 7. The molecule has 1 atom stereocenters. The van der Waals surface area contributed by atoms with E-state index in [1.807, 2.05) is 36.4 Å². The lowest BCUT2D eigenvalue weighted by molar-refractivity contribution is 0.177. The first-order chi connectivity index (χ1) is 10.2. The fourth-order valence-electron chi connectivity index (χ4n) is 2.26. The van der Waals surface area contributed by atoms with E-state index >= 15 is 0 Å². The van der Waals surface area contributed by atoms with Gasteiger partial charge in [0.2, 0.25) is 0 Å². The fraction of sp³-hybridized carbons (Fsp3) is 0.333. The Kier molecular flexibility index (Phi) is 5.78. The number of ether oxygens (including phenoxy) is 1. The molecule has 0 bridgehead atoms. The predicted molar refractivity (Wildman–Crippen MR) is 86.5 cm³/mol. The van der Waals surface area contributed by atoms with E-state index in [1.54, 1.807) is 0 Å². The van der Waals surface area contributed by atoms with Gasteiger partial charge in [-0.25, -0.2) is 0 Å². The molecule has 0 saturated carbocycles. The van der Waals surface area contributed by atoms with Crippen molar-refractivity contribution in [2.45, 2.75) is 25.9 Å². The van der Waals surface area contributed by atoms with Crippen molar-refractivity contribution in [1.82, 2.24) is 5.32 Å². The molecule has 2 rings (SSSR count). The van der Waals surface area contributed by atoms with E-state index in [2.05, 4.69) is 37.4 Å². The number of para-hydroxylation sites is 1. The summed E-state index contributed by atoms with van der Waals surface area (Å²) >= 11 is 0. The van der Waals surface area contributed by atoms with Crippen molar-refractivity contribution in [3.63, 3.8) is 0 Å². The van der Waals surface area contributed by atoms with E-state index in [0.717, 1.165) is 16.9 Å². The average Bonchev–Trinajstić information content (AvgIpc) is 2.52. The molecule has 2 N–H and O–H groups in total. The summed E-state index contributed by atoms with van der Waals surface area (Å²) in [6.07, 6.45) is 0. The molecule has 0 aliphatic heterocycles. The van der Waals surface area contributed by atoms with Crippen LogP contribution in [0.15, 0.2) is 54.6 Å². The van der Waals surface area contributed by atoms with Crippen LogP contribution in [-0.4, -0.2) is 30.4 Å². The second kappa shape index (κ2) is 7.81. The first kappa shape index (κ1) is 15.5. The van der Waals surface area contributed by atoms with Crippen molar-refractivity contribution in [2.75, 3.05) is 13.2 Å². The number of hydrogen-bond acceptors (Lipinski definition) is 3. The number of aliphatic hydroxyl groups excluding tert-OH is 1. The minimum Gasteiger partial charge on any atom is -0.491 e. The number of aliphatic hydroxyl groups is 1. The molecule has 0 fully saturated rings. The maximum Gasteiger partial charge on any atom is 0.127 e. The first-order valence-electron chi connectivity index (χ1n) is 7.35. The smallest absolute Gasteiger partial charge is 0.127 e. The second-order valence-corrected chi connectivity index (χ2v) is 5.37. The van der Waals surface area contributed by atoms with E-state index in [1.165, 1.54) is 0 Å². The molecule has 0 aromatic heterocycles. The number of hydrogen-bond donors (Lipinski definition) is 2. The Morgan fingerprint density at radius 1 is 1.00 bits per heavy atom. The Bertz CT molecular complexity index is 540. The van der Waals surface area contributed by atoms with Crippen LogP contribution >= 0.6 is 0 Å². The molecule has 112 valence electrons. The summed E-state index contributed by atoms with van der Waals surface area (Å²) in [6, 6.07) is 18.4. The predicted octanol–water partition coefficient (Wildman–Crippen LogP) is 3.09. The molecule has 3 nitrogen and oxygen atoms in total. The zero-order valence-electron chi connectivity index (χ0n) is 12.6. The van der Waals surface area contributed by atoms with Gasteiger partial charge in [-0.3, -0.25) is 0 Å². The molecule has 2 aromatic carbocycles. The van der Waals surface area contributed by atoms with Crippen LogP contribution in [-0.2, 0) is 0 Å². The minimum atomic E-state index is -0.0613. The highest BCUT2D eigenvalue weighted by molar-refractivity contribution is 5.70. The molecular formula is C18H23NO2. The standard InChI is InChI=1S/C18H23NO2/c1-14(2)19-16(12-20)13-21-18-11-7-6-10-17(18)15-8-4-3-5-9-15/h3-11,14,16,19-20H,12-13H2,1-2H3. The average molecular weight is 285 g/mol. The third-order valence-electron chi connectivity index (χ3n) is 3.20. The van der Waals surface area contributed by atoms with Crippen molar-refractivity contribution in [2.24, 2.45) is 0 Å². The van der Waals surface area contributed by atoms with Gasteiger partial charge in [0, 0.05) is 11.6 Å². The Balaban J connectivity index is 2.10. The molecule has 0 heterocycles. The van der Waals surface area contributed by atoms with E-state index in [9.17, 15) is 5.11 Å². The van der Waals surface area contributed by atoms with Crippen LogP contribution < -0.4 is 10.1 Å². The molecule has 0 spiro atoms. The molecule has 0 radical (unpaired) electrons. The third kappa shape index (κ3) is 4.59. The molecule has 0 aliphatic carbocycles. The Morgan fingerprint density at radius 2 is 1.67 bits per heavy atom. The highest BCUT2D eigenvalue weighted by atomic mass is 16.5. The van der Waals surface area contributed by atoms with Crippen LogP contribution in [0.1, 0.15) is 13.8 Å². The molecule has 0 amide bonds. The fourth-order valence-corrected chi connectivity index (χ4v) is 2.26. The summed E-state index contributed by atoms with van der Waals surface area (Å²) in [5.41, 5.74) is 2.20. The molecule has 3 heteroatoms. The quantitative estimate of drug-likeness (QED) is 0.821. The van der Waals surface area contributed by atoms with Crippen molar-refractivity contribution < 1.29 is 9.84 Å². The second-order valence-electron chi connectivity index (χ2n) is 5.37. The van der Waals surface area contributed by atoms with Crippen molar-refractivity contribution in [3.05, 3.63) is 54.6 Å². The van der Waals surface area contributed by atoms with Gasteiger partial charge in [0.1, 0.15) is 12.4 Å². The van der Waals surface area contributed by atoms with Crippen molar-refractivity contribution >= 4 is 0 Å². The molecule has 21 heavy (non-hydrogen) atoms. The van der Waals surface area contributed by atoms with Crippen LogP contribution in [0.5, 0.6) is 5.75 Å². The zero-order valence-corrected chi connectivity index (χ0v) is 12.6.